The molecule has 0 aliphatic carbocycles. The largest absolute Gasteiger partial charge is 0.507 e. The highest BCUT2D eigenvalue weighted by molar-refractivity contribution is 9.10. The average Bonchev–Trinajstić information content (AvgIpc) is 3.07. The van der Waals surface area contributed by atoms with Crippen molar-refractivity contribution in [2.75, 3.05) is 11.1 Å². The van der Waals surface area contributed by atoms with E-state index in [9.17, 15) is 9.90 Å². The highest BCUT2D eigenvalue weighted by atomic mass is 79.9. The number of phenolic OH excluding ortho intramolecular Hbond substituents is 1. The Labute approximate surface area is 184 Å². The summed E-state index contributed by atoms with van der Waals surface area (Å²) in [5, 5.41) is 22.7. The van der Waals surface area contributed by atoms with E-state index in [2.05, 4.69) is 31.4 Å². The number of thioether (sulfide) groups is 1. The van der Waals surface area contributed by atoms with Crippen molar-refractivity contribution >= 4 is 62.5 Å². The van der Waals surface area contributed by atoms with Crippen LogP contribution in [0.1, 0.15) is 6.92 Å². The molecule has 0 fully saturated rings. The first-order valence-electron chi connectivity index (χ1n) is 8.18. The number of benzene rings is 2. The number of nitrogens with one attached hydrogen (secondary N) is 1. The van der Waals surface area contributed by atoms with Gasteiger partial charge in [0.05, 0.1) is 22.0 Å². The molecule has 0 spiro atoms. The summed E-state index contributed by atoms with van der Waals surface area (Å²) in [7, 11) is 0. The van der Waals surface area contributed by atoms with Crippen LogP contribution in [0.2, 0.25) is 10.0 Å². The van der Waals surface area contributed by atoms with Crippen LogP contribution in [0.3, 0.4) is 0 Å². The lowest BCUT2D eigenvalue weighted by Crippen LogP contribution is -2.15. The molecular formula is C18H15BrCl2N4O2S. The van der Waals surface area contributed by atoms with E-state index in [4.69, 9.17) is 23.2 Å². The second-order valence-electron chi connectivity index (χ2n) is 5.67. The maximum atomic E-state index is 12.3. The maximum Gasteiger partial charge on any atom is 0.234 e. The molecule has 0 saturated carbocycles. The number of hydrogen-bond acceptors (Lipinski definition) is 5. The van der Waals surface area contributed by atoms with Gasteiger partial charge in [-0.2, -0.15) is 0 Å². The average molecular weight is 502 g/mol. The summed E-state index contributed by atoms with van der Waals surface area (Å²) in [6.07, 6.45) is 0. The Kier molecular flexibility index (Phi) is 6.87. The summed E-state index contributed by atoms with van der Waals surface area (Å²) in [6, 6.07) is 9.97. The standard InChI is InChI=1S/C18H15BrCl2N4O2S/c1-2-25-17(12-7-10(19)3-6-15(12)26)23-24-18(25)28-9-16(27)22-14-5-4-11(20)8-13(14)21/h3-8,26H,2,9H2,1H3,(H,22,27). The number of aromatic nitrogens is 3. The molecule has 2 aromatic carbocycles. The van der Waals surface area contributed by atoms with Crippen LogP contribution in [-0.4, -0.2) is 31.5 Å². The number of carbonyl (C=O) groups excluding carboxylic acids is 1. The van der Waals surface area contributed by atoms with Gasteiger partial charge >= 0.3 is 0 Å². The van der Waals surface area contributed by atoms with Gasteiger partial charge in [0.2, 0.25) is 5.91 Å². The van der Waals surface area contributed by atoms with E-state index >= 15 is 0 Å². The summed E-state index contributed by atoms with van der Waals surface area (Å²) in [6.45, 7) is 2.53. The van der Waals surface area contributed by atoms with Gasteiger partial charge in [-0.3, -0.25) is 4.79 Å². The van der Waals surface area contributed by atoms with Gasteiger partial charge in [-0.05, 0) is 43.3 Å². The molecule has 1 heterocycles. The molecule has 0 aliphatic heterocycles. The molecule has 3 aromatic rings. The molecule has 0 unspecified atom stereocenters. The van der Waals surface area contributed by atoms with Gasteiger partial charge in [-0.25, -0.2) is 0 Å². The van der Waals surface area contributed by atoms with Crippen LogP contribution in [-0.2, 0) is 11.3 Å². The topological polar surface area (TPSA) is 80.0 Å². The predicted molar refractivity (Wildman–Crippen MR) is 116 cm³/mol. The number of phenols is 1. The zero-order valence-electron chi connectivity index (χ0n) is 14.6. The third kappa shape index (κ3) is 4.81. The molecule has 0 aliphatic rings. The van der Waals surface area contributed by atoms with Crippen molar-refractivity contribution in [1.29, 1.82) is 0 Å². The quantitative estimate of drug-likeness (QED) is 0.437. The first-order valence-corrected chi connectivity index (χ1v) is 10.7. The van der Waals surface area contributed by atoms with Gasteiger partial charge in [0, 0.05) is 16.0 Å². The van der Waals surface area contributed by atoms with Crippen LogP contribution < -0.4 is 5.32 Å². The van der Waals surface area contributed by atoms with E-state index in [0.717, 1.165) is 4.47 Å². The maximum absolute atomic E-state index is 12.3. The third-order valence-electron chi connectivity index (χ3n) is 3.77. The van der Waals surface area contributed by atoms with Crippen LogP contribution in [0, 0.1) is 0 Å². The molecule has 0 atom stereocenters. The van der Waals surface area contributed by atoms with Crippen LogP contribution in [0.4, 0.5) is 5.69 Å². The number of aromatic hydroxyl groups is 1. The van der Waals surface area contributed by atoms with Crippen LogP contribution in [0.15, 0.2) is 46.0 Å². The Morgan fingerprint density at radius 1 is 1.25 bits per heavy atom. The van der Waals surface area contributed by atoms with E-state index in [1.807, 2.05) is 11.5 Å². The van der Waals surface area contributed by atoms with Crippen molar-refractivity contribution in [2.24, 2.45) is 0 Å². The number of anilines is 1. The number of hydrogen-bond donors (Lipinski definition) is 2. The Balaban J connectivity index is 1.73. The number of rotatable bonds is 6. The first-order chi connectivity index (χ1) is 13.4. The fraction of sp³-hybridized carbons (Fsp3) is 0.167. The zero-order valence-corrected chi connectivity index (χ0v) is 18.5. The minimum absolute atomic E-state index is 0.108. The lowest BCUT2D eigenvalue weighted by Gasteiger charge is -2.10. The van der Waals surface area contributed by atoms with Crippen molar-refractivity contribution in [3.63, 3.8) is 0 Å². The summed E-state index contributed by atoms with van der Waals surface area (Å²) in [5.74, 6) is 0.537. The van der Waals surface area contributed by atoms with Gasteiger partial charge in [0.15, 0.2) is 11.0 Å². The van der Waals surface area contributed by atoms with E-state index in [1.165, 1.54) is 11.8 Å². The highest BCUT2D eigenvalue weighted by Gasteiger charge is 2.17. The summed E-state index contributed by atoms with van der Waals surface area (Å²) < 4.78 is 2.66. The second-order valence-corrected chi connectivity index (χ2v) is 8.37. The third-order valence-corrected chi connectivity index (χ3v) is 5.78. The first kappa shape index (κ1) is 21.0. The highest BCUT2D eigenvalue weighted by Crippen LogP contribution is 2.33. The van der Waals surface area contributed by atoms with Crippen molar-refractivity contribution < 1.29 is 9.90 Å². The van der Waals surface area contributed by atoms with E-state index in [0.29, 0.717) is 38.8 Å². The number of carbonyl (C=O) groups is 1. The summed E-state index contributed by atoms with van der Waals surface area (Å²) in [5.41, 5.74) is 1.06. The van der Waals surface area contributed by atoms with Crippen molar-refractivity contribution in [1.82, 2.24) is 14.8 Å². The molecule has 146 valence electrons. The predicted octanol–water partition coefficient (Wildman–Crippen LogP) is 5.47. The van der Waals surface area contributed by atoms with Crippen molar-refractivity contribution in [2.45, 2.75) is 18.6 Å². The van der Waals surface area contributed by atoms with Crippen molar-refractivity contribution in [3.8, 4) is 17.1 Å². The summed E-state index contributed by atoms with van der Waals surface area (Å²) in [4.78, 5) is 12.3. The molecule has 0 radical (unpaired) electrons. The minimum Gasteiger partial charge on any atom is -0.507 e. The smallest absolute Gasteiger partial charge is 0.234 e. The Bertz CT molecular complexity index is 1030. The molecular weight excluding hydrogens is 487 g/mol. The van der Waals surface area contributed by atoms with Gasteiger partial charge in [-0.1, -0.05) is 50.9 Å². The molecule has 1 amide bonds. The fourth-order valence-corrected chi connectivity index (χ4v) is 4.09. The van der Waals surface area contributed by atoms with Gasteiger partial charge in [-0.15, -0.1) is 10.2 Å². The molecule has 3 rings (SSSR count). The Hall–Kier alpha value is -1.74. The van der Waals surface area contributed by atoms with E-state index in [1.54, 1.807) is 36.4 Å². The molecule has 1 aromatic heterocycles. The number of halogens is 3. The molecule has 0 bridgehead atoms. The van der Waals surface area contributed by atoms with Crippen LogP contribution >= 0.6 is 50.9 Å². The lowest BCUT2D eigenvalue weighted by atomic mass is 10.2. The number of amides is 1. The fourth-order valence-electron chi connectivity index (χ4n) is 2.47. The summed E-state index contributed by atoms with van der Waals surface area (Å²) >= 11 is 16.6. The normalized spacial score (nSPS) is 10.9. The monoisotopic (exact) mass is 500 g/mol. The SMILES string of the molecule is CCn1c(SCC(=O)Nc2ccc(Cl)cc2Cl)nnc1-c1cc(Br)ccc1O. The molecule has 10 heteroatoms. The number of nitrogens with zero attached hydrogens (tertiary/aromatic N) is 3. The minimum atomic E-state index is -0.230. The van der Waals surface area contributed by atoms with Crippen molar-refractivity contribution in [3.05, 3.63) is 50.9 Å². The Morgan fingerprint density at radius 3 is 2.75 bits per heavy atom. The van der Waals surface area contributed by atoms with Crippen LogP contribution in [0.5, 0.6) is 5.75 Å². The van der Waals surface area contributed by atoms with E-state index < -0.39 is 0 Å². The molecule has 0 saturated heterocycles. The lowest BCUT2D eigenvalue weighted by molar-refractivity contribution is -0.113. The van der Waals surface area contributed by atoms with E-state index in [-0.39, 0.29) is 17.4 Å². The van der Waals surface area contributed by atoms with Gasteiger partial charge in [0.25, 0.3) is 0 Å². The van der Waals surface area contributed by atoms with Crippen LogP contribution in [0.25, 0.3) is 11.4 Å². The second kappa shape index (κ2) is 9.17. The Morgan fingerprint density at radius 2 is 2.04 bits per heavy atom. The van der Waals surface area contributed by atoms with Gasteiger partial charge < -0.3 is 15.0 Å². The van der Waals surface area contributed by atoms with Gasteiger partial charge in [0.1, 0.15) is 5.75 Å². The molecule has 28 heavy (non-hydrogen) atoms. The molecule has 6 nitrogen and oxygen atoms in total. The molecule has 2 N–H and O–H groups in total. The zero-order chi connectivity index (χ0) is 20.3.